The van der Waals surface area contributed by atoms with Gasteiger partial charge in [-0.05, 0) is 30.6 Å². The third kappa shape index (κ3) is 5.55. The van der Waals surface area contributed by atoms with Crippen molar-refractivity contribution in [2.45, 2.75) is 45.3 Å². The van der Waals surface area contributed by atoms with E-state index in [1.165, 1.54) is 0 Å². The highest BCUT2D eigenvalue weighted by molar-refractivity contribution is 7.86. The first-order valence-electron chi connectivity index (χ1n) is 6.81. The van der Waals surface area contributed by atoms with E-state index in [2.05, 4.69) is 33.9 Å². The lowest BCUT2D eigenvalue weighted by Crippen LogP contribution is -2.41. The molecule has 118 valence electrons. The topological polar surface area (TPSA) is 61.8 Å². The smallest absolute Gasteiger partial charge is 0.269 e. The van der Waals surface area contributed by atoms with Gasteiger partial charge in [-0.15, -0.1) is 0 Å². The molecule has 0 saturated carbocycles. The largest absolute Gasteiger partial charge is 0.501 e. The van der Waals surface area contributed by atoms with Crippen molar-refractivity contribution in [1.29, 1.82) is 0 Å². The molecule has 1 atom stereocenters. The summed E-state index contributed by atoms with van der Waals surface area (Å²) in [5.41, 5.74) is 0. The molecule has 0 aromatic heterocycles. The van der Waals surface area contributed by atoms with Crippen LogP contribution in [0.15, 0.2) is 12.3 Å². The number of rotatable bonds is 6. The van der Waals surface area contributed by atoms with E-state index in [9.17, 15) is 8.42 Å². The Morgan fingerprint density at radius 3 is 2.50 bits per heavy atom. The van der Waals surface area contributed by atoms with Gasteiger partial charge in [0.1, 0.15) is 0 Å². The lowest BCUT2D eigenvalue weighted by atomic mass is 10.1. The summed E-state index contributed by atoms with van der Waals surface area (Å²) >= 11 is 0. The number of allylic oxidation sites excluding steroid dienone is 1. The maximum absolute atomic E-state index is 11.9. The zero-order chi connectivity index (χ0) is 15.4. The standard InChI is InChI=1S/C13H26O5SSi/c1-13(2,3)20(4,5)18-11-17-19(14,15)10-12-7-6-8-16-9-12/h6,8,12H,7,9-11H2,1-5H3/t12-/m0/s1. The molecule has 0 unspecified atom stereocenters. The highest BCUT2D eigenvalue weighted by Gasteiger charge is 2.37. The highest BCUT2D eigenvalue weighted by Crippen LogP contribution is 2.36. The summed E-state index contributed by atoms with van der Waals surface area (Å²) < 4.78 is 39.5. The molecule has 0 spiro atoms. The Bertz CT molecular complexity index is 436. The van der Waals surface area contributed by atoms with Crippen LogP contribution >= 0.6 is 0 Å². The molecule has 0 amide bonds. The minimum absolute atomic E-state index is 0.0296. The van der Waals surface area contributed by atoms with Gasteiger partial charge in [-0.2, -0.15) is 8.42 Å². The predicted molar refractivity (Wildman–Crippen MR) is 81.2 cm³/mol. The highest BCUT2D eigenvalue weighted by atomic mass is 32.2. The van der Waals surface area contributed by atoms with E-state index in [0.717, 1.165) is 0 Å². The fraction of sp³-hybridized carbons (Fsp3) is 0.846. The normalized spacial score (nSPS) is 20.8. The average molecular weight is 322 g/mol. The quantitative estimate of drug-likeness (QED) is 0.427. The van der Waals surface area contributed by atoms with E-state index in [4.69, 9.17) is 13.3 Å². The predicted octanol–water partition coefficient (Wildman–Crippen LogP) is 2.86. The average Bonchev–Trinajstić information content (AvgIpc) is 2.27. The second kappa shape index (κ2) is 6.59. The van der Waals surface area contributed by atoms with Gasteiger partial charge >= 0.3 is 0 Å². The van der Waals surface area contributed by atoms with Gasteiger partial charge < -0.3 is 9.16 Å². The van der Waals surface area contributed by atoms with Crippen LogP contribution in [-0.4, -0.2) is 35.9 Å². The van der Waals surface area contributed by atoms with Crippen molar-refractivity contribution in [2.75, 3.05) is 19.2 Å². The van der Waals surface area contributed by atoms with Crippen LogP contribution in [-0.2, 0) is 23.5 Å². The van der Waals surface area contributed by atoms with Crippen LogP contribution in [0.5, 0.6) is 0 Å². The maximum atomic E-state index is 11.9. The molecule has 20 heavy (non-hydrogen) atoms. The fourth-order valence-electron chi connectivity index (χ4n) is 1.49. The molecule has 1 aliphatic heterocycles. The molecule has 7 heteroatoms. The Kier molecular flexibility index (Phi) is 5.83. The Hall–Kier alpha value is -0.373. The molecule has 1 heterocycles. The Balaban J connectivity index is 2.42. The zero-order valence-corrected chi connectivity index (χ0v) is 14.8. The Morgan fingerprint density at radius 2 is 2.00 bits per heavy atom. The summed E-state index contributed by atoms with van der Waals surface area (Å²) in [4.78, 5) is 0. The molecule has 0 fully saturated rings. The summed E-state index contributed by atoms with van der Waals surface area (Å²) in [6.07, 6.45) is 4.13. The molecular formula is C13H26O5SSi. The first kappa shape index (κ1) is 17.7. The third-order valence-corrected chi connectivity index (χ3v) is 9.67. The molecule has 1 aliphatic rings. The van der Waals surface area contributed by atoms with E-state index in [1.54, 1.807) is 6.26 Å². The van der Waals surface area contributed by atoms with E-state index >= 15 is 0 Å². The zero-order valence-electron chi connectivity index (χ0n) is 13.0. The second-order valence-electron chi connectivity index (χ2n) is 6.67. The van der Waals surface area contributed by atoms with Crippen molar-refractivity contribution in [3.8, 4) is 0 Å². The molecule has 0 bridgehead atoms. The van der Waals surface area contributed by atoms with Crippen molar-refractivity contribution >= 4 is 18.4 Å². The lowest BCUT2D eigenvalue weighted by Gasteiger charge is -2.35. The van der Waals surface area contributed by atoms with Gasteiger partial charge in [0, 0.05) is 5.92 Å². The summed E-state index contributed by atoms with van der Waals surface area (Å²) in [5.74, 6) is -0.0732. The number of ether oxygens (including phenoxy) is 1. The third-order valence-electron chi connectivity index (χ3n) is 3.89. The molecule has 0 N–H and O–H groups in total. The van der Waals surface area contributed by atoms with E-state index in [1.807, 2.05) is 6.08 Å². The van der Waals surface area contributed by atoms with Crippen LogP contribution in [0, 0.1) is 5.92 Å². The van der Waals surface area contributed by atoms with Gasteiger partial charge in [0.15, 0.2) is 15.1 Å². The van der Waals surface area contributed by atoms with Gasteiger partial charge in [-0.1, -0.05) is 20.8 Å². The van der Waals surface area contributed by atoms with Crippen LogP contribution in [0.1, 0.15) is 27.2 Å². The molecule has 0 saturated heterocycles. The fourth-order valence-corrected chi connectivity index (χ4v) is 3.46. The van der Waals surface area contributed by atoms with Gasteiger partial charge in [-0.25, -0.2) is 4.18 Å². The first-order valence-corrected chi connectivity index (χ1v) is 11.3. The summed E-state index contributed by atoms with van der Waals surface area (Å²) in [6.45, 7) is 10.6. The van der Waals surface area contributed by atoms with E-state index in [0.29, 0.717) is 13.0 Å². The van der Waals surface area contributed by atoms with Gasteiger partial charge in [0.2, 0.25) is 0 Å². The SMILES string of the molecule is CC(C)(C)[Si](C)(C)OCOS(=O)(=O)C[C@H]1CC=COC1. The van der Waals surface area contributed by atoms with Crippen LogP contribution in [0.2, 0.25) is 18.1 Å². The summed E-state index contributed by atoms with van der Waals surface area (Å²) in [7, 11) is -5.55. The minimum Gasteiger partial charge on any atom is -0.501 e. The maximum Gasteiger partial charge on any atom is 0.269 e. The number of hydrogen-bond donors (Lipinski definition) is 0. The van der Waals surface area contributed by atoms with Gasteiger partial charge in [-0.3, -0.25) is 0 Å². The van der Waals surface area contributed by atoms with Crippen LogP contribution in [0.25, 0.3) is 0 Å². The van der Waals surface area contributed by atoms with Crippen LogP contribution in [0.4, 0.5) is 0 Å². The molecule has 0 aromatic rings. The minimum atomic E-state index is -3.57. The molecule has 0 radical (unpaired) electrons. The Labute approximate surface area is 123 Å². The first-order chi connectivity index (χ1) is 9.04. The van der Waals surface area contributed by atoms with Crippen molar-refractivity contribution in [3.63, 3.8) is 0 Å². The van der Waals surface area contributed by atoms with E-state index in [-0.39, 0.29) is 23.5 Å². The van der Waals surface area contributed by atoms with Crippen molar-refractivity contribution in [3.05, 3.63) is 12.3 Å². The summed E-state index contributed by atoms with van der Waals surface area (Å²) in [6, 6.07) is 0. The lowest BCUT2D eigenvalue weighted by molar-refractivity contribution is 0.110. The Morgan fingerprint density at radius 1 is 1.35 bits per heavy atom. The van der Waals surface area contributed by atoms with Crippen LogP contribution in [0.3, 0.4) is 0 Å². The molecule has 1 rings (SSSR count). The van der Waals surface area contributed by atoms with Crippen LogP contribution < -0.4 is 0 Å². The van der Waals surface area contributed by atoms with Crippen molar-refractivity contribution in [2.24, 2.45) is 5.92 Å². The molecule has 0 aromatic carbocycles. The molecular weight excluding hydrogens is 296 g/mol. The molecule has 5 nitrogen and oxygen atoms in total. The monoisotopic (exact) mass is 322 g/mol. The van der Waals surface area contributed by atoms with Crippen molar-refractivity contribution < 1.29 is 21.8 Å². The van der Waals surface area contributed by atoms with Gasteiger partial charge in [0.05, 0.1) is 18.6 Å². The van der Waals surface area contributed by atoms with E-state index < -0.39 is 18.4 Å². The summed E-state index contributed by atoms with van der Waals surface area (Å²) in [5, 5.41) is 0.0299. The van der Waals surface area contributed by atoms with Crippen molar-refractivity contribution in [1.82, 2.24) is 0 Å². The number of hydrogen-bond acceptors (Lipinski definition) is 5. The molecule has 0 aliphatic carbocycles. The van der Waals surface area contributed by atoms with Gasteiger partial charge in [0.25, 0.3) is 10.1 Å². The second-order valence-corrected chi connectivity index (χ2v) is 13.2.